The second kappa shape index (κ2) is 10.1. The van der Waals surface area contributed by atoms with Gasteiger partial charge in [-0.25, -0.2) is 0 Å². The molecule has 0 aromatic heterocycles. The summed E-state index contributed by atoms with van der Waals surface area (Å²) in [5.74, 6) is 1.27. The highest BCUT2D eigenvalue weighted by Gasteiger charge is 2.26. The van der Waals surface area contributed by atoms with Crippen molar-refractivity contribution < 1.29 is 4.79 Å². The zero-order valence-corrected chi connectivity index (χ0v) is 16.1. The van der Waals surface area contributed by atoms with Crippen molar-refractivity contribution in [2.24, 2.45) is 11.8 Å². The molecule has 2 saturated heterocycles. The molecule has 0 saturated carbocycles. The molecule has 0 aliphatic carbocycles. The lowest BCUT2D eigenvalue weighted by atomic mass is 9.93. The molecule has 3 rings (SSSR count). The first-order valence-corrected chi connectivity index (χ1v) is 9.47. The molecule has 1 aromatic carbocycles. The number of carbonyl (C=O) groups excluding carboxylic acids is 1. The van der Waals surface area contributed by atoms with Crippen molar-refractivity contribution in [2.75, 3.05) is 32.7 Å². The fourth-order valence-electron chi connectivity index (χ4n) is 3.85. The van der Waals surface area contributed by atoms with Gasteiger partial charge in [0.1, 0.15) is 0 Å². The van der Waals surface area contributed by atoms with E-state index in [1.54, 1.807) is 0 Å². The molecule has 1 aromatic rings. The minimum Gasteiger partial charge on any atom is -0.352 e. The molecule has 0 bridgehead atoms. The van der Waals surface area contributed by atoms with Crippen LogP contribution in [0.5, 0.6) is 0 Å². The van der Waals surface area contributed by atoms with Gasteiger partial charge >= 0.3 is 0 Å². The number of piperidine rings is 2. The van der Waals surface area contributed by atoms with Gasteiger partial charge in [0.25, 0.3) is 0 Å². The third kappa shape index (κ3) is 6.28. The van der Waals surface area contributed by atoms with Gasteiger partial charge in [0.2, 0.25) is 5.91 Å². The molecule has 2 N–H and O–H groups in total. The average molecular weight is 366 g/mol. The third-order valence-corrected chi connectivity index (χ3v) is 5.52. The zero-order valence-electron chi connectivity index (χ0n) is 15.3. The summed E-state index contributed by atoms with van der Waals surface area (Å²) in [6, 6.07) is 8.38. The second-order valence-electron chi connectivity index (χ2n) is 7.47. The maximum absolute atomic E-state index is 12.4. The molecule has 1 amide bonds. The number of halogens is 1. The van der Waals surface area contributed by atoms with Gasteiger partial charge in [-0.15, -0.1) is 12.4 Å². The summed E-state index contributed by atoms with van der Waals surface area (Å²) in [5.41, 5.74) is 2.43. The van der Waals surface area contributed by atoms with Crippen LogP contribution in [0.3, 0.4) is 0 Å². The topological polar surface area (TPSA) is 44.4 Å². The van der Waals surface area contributed by atoms with Gasteiger partial charge < -0.3 is 15.5 Å². The monoisotopic (exact) mass is 365 g/mol. The van der Waals surface area contributed by atoms with Crippen molar-refractivity contribution in [1.29, 1.82) is 0 Å². The van der Waals surface area contributed by atoms with Crippen LogP contribution in [0.25, 0.3) is 0 Å². The quantitative estimate of drug-likeness (QED) is 0.843. The van der Waals surface area contributed by atoms with Crippen LogP contribution >= 0.6 is 12.4 Å². The molecule has 2 heterocycles. The number of aryl methyl sites for hydroxylation is 1. The van der Waals surface area contributed by atoms with Gasteiger partial charge in [-0.3, -0.25) is 4.79 Å². The van der Waals surface area contributed by atoms with Crippen molar-refractivity contribution in [1.82, 2.24) is 15.5 Å². The van der Waals surface area contributed by atoms with E-state index in [9.17, 15) is 4.79 Å². The molecule has 25 heavy (non-hydrogen) atoms. The number of amides is 1. The summed E-state index contributed by atoms with van der Waals surface area (Å²) in [4.78, 5) is 15.0. The Labute approximate surface area is 158 Å². The zero-order chi connectivity index (χ0) is 16.8. The fraction of sp³-hybridized carbons (Fsp3) is 0.650. The summed E-state index contributed by atoms with van der Waals surface area (Å²) in [5, 5.41) is 6.55. The third-order valence-electron chi connectivity index (χ3n) is 5.52. The van der Waals surface area contributed by atoms with Crippen LogP contribution in [0.15, 0.2) is 24.3 Å². The van der Waals surface area contributed by atoms with Crippen LogP contribution < -0.4 is 10.6 Å². The van der Waals surface area contributed by atoms with Crippen molar-refractivity contribution in [3.8, 4) is 0 Å². The molecule has 5 heteroatoms. The Hall–Kier alpha value is -1.10. The predicted octanol–water partition coefficient (Wildman–Crippen LogP) is 2.74. The van der Waals surface area contributed by atoms with E-state index in [1.807, 2.05) is 0 Å². The number of hydrogen-bond acceptors (Lipinski definition) is 3. The van der Waals surface area contributed by atoms with Gasteiger partial charge in [-0.2, -0.15) is 0 Å². The Morgan fingerprint density at radius 1 is 1.12 bits per heavy atom. The number of benzene rings is 1. The molecule has 0 spiro atoms. The van der Waals surface area contributed by atoms with Crippen LogP contribution in [0.2, 0.25) is 0 Å². The summed E-state index contributed by atoms with van der Waals surface area (Å²) in [6.07, 6.45) is 4.61. The van der Waals surface area contributed by atoms with E-state index < -0.39 is 0 Å². The minimum absolute atomic E-state index is 0. The first-order valence-electron chi connectivity index (χ1n) is 9.47. The Balaban J connectivity index is 0.00000225. The van der Waals surface area contributed by atoms with E-state index in [1.165, 1.54) is 43.6 Å². The van der Waals surface area contributed by atoms with Crippen molar-refractivity contribution in [2.45, 2.75) is 39.2 Å². The van der Waals surface area contributed by atoms with Crippen LogP contribution in [-0.4, -0.2) is 43.5 Å². The van der Waals surface area contributed by atoms with Crippen LogP contribution in [0.1, 0.15) is 36.8 Å². The number of nitrogens with one attached hydrogen (secondary N) is 2. The van der Waals surface area contributed by atoms with Gasteiger partial charge in [0.15, 0.2) is 0 Å². The Kier molecular flexibility index (Phi) is 8.20. The molecule has 2 aliphatic heterocycles. The van der Waals surface area contributed by atoms with Gasteiger partial charge in [0.05, 0.1) is 0 Å². The Morgan fingerprint density at radius 3 is 2.40 bits per heavy atom. The SMILES string of the molecule is Cc1ccc(CNC(=O)C2CCN(CC3CCNCC3)CC2)cc1.Cl. The molecule has 0 unspecified atom stereocenters. The largest absolute Gasteiger partial charge is 0.352 e. The molecule has 0 atom stereocenters. The number of rotatable bonds is 5. The molecule has 2 fully saturated rings. The Morgan fingerprint density at radius 2 is 1.76 bits per heavy atom. The Bertz CT molecular complexity index is 520. The smallest absolute Gasteiger partial charge is 0.223 e. The lowest BCUT2D eigenvalue weighted by molar-refractivity contribution is -0.126. The number of carbonyl (C=O) groups is 1. The maximum atomic E-state index is 12.4. The highest BCUT2D eigenvalue weighted by molar-refractivity contribution is 5.85. The first kappa shape index (κ1) is 20.2. The maximum Gasteiger partial charge on any atom is 0.223 e. The van der Waals surface area contributed by atoms with E-state index in [2.05, 4.69) is 46.7 Å². The van der Waals surface area contributed by atoms with Crippen molar-refractivity contribution in [3.05, 3.63) is 35.4 Å². The van der Waals surface area contributed by atoms with Gasteiger partial charge in [-0.05, 0) is 70.3 Å². The molecular weight excluding hydrogens is 334 g/mol. The number of nitrogens with zero attached hydrogens (tertiary/aromatic N) is 1. The minimum atomic E-state index is 0. The van der Waals surface area contributed by atoms with Gasteiger partial charge in [-0.1, -0.05) is 29.8 Å². The van der Waals surface area contributed by atoms with Gasteiger partial charge in [0, 0.05) is 19.0 Å². The summed E-state index contributed by atoms with van der Waals surface area (Å²) in [7, 11) is 0. The lowest BCUT2D eigenvalue weighted by Crippen LogP contribution is -2.43. The van der Waals surface area contributed by atoms with E-state index >= 15 is 0 Å². The summed E-state index contributed by atoms with van der Waals surface area (Å²) >= 11 is 0. The predicted molar refractivity (Wildman–Crippen MR) is 105 cm³/mol. The van der Waals surface area contributed by atoms with E-state index in [-0.39, 0.29) is 24.2 Å². The highest BCUT2D eigenvalue weighted by atomic mass is 35.5. The standard InChI is InChI=1S/C20H31N3O.ClH/c1-16-2-4-17(5-3-16)14-22-20(24)19-8-12-23(13-9-19)15-18-6-10-21-11-7-18;/h2-5,18-19,21H,6-15H2,1H3,(H,22,24);1H. The molecule has 140 valence electrons. The second-order valence-corrected chi connectivity index (χ2v) is 7.47. The van der Waals surface area contributed by atoms with Crippen LogP contribution in [0.4, 0.5) is 0 Å². The van der Waals surface area contributed by atoms with Crippen LogP contribution in [-0.2, 0) is 11.3 Å². The summed E-state index contributed by atoms with van der Waals surface area (Å²) in [6.45, 7) is 8.44. The number of hydrogen-bond donors (Lipinski definition) is 2. The van der Waals surface area contributed by atoms with Crippen LogP contribution in [0, 0.1) is 18.8 Å². The molecule has 2 aliphatic rings. The molecule has 4 nitrogen and oxygen atoms in total. The average Bonchev–Trinajstić information content (AvgIpc) is 2.62. The van der Waals surface area contributed by atoms with Crippen molar-refractivity contribution >= 4 is 18.3 Å². The lowest BCUT2D eigenvalue weighted by Gasteiger charge is -2.35. The fourth-order valence-corrected chi connectivity index (χ4v) is 3.85. The van der Waals surface area contributed by atoms with E-state index in [0.717, 1.165) is 31.8 Å². The first-order chi connectivity index (χ1) is 11.7. The molecule has 0 radical (unpaired) electrons. The summed E-state index contributed by atoms with van der Waals surface area (Å²) < 4.78 is 0. The highest BCUT2D eigenvalue weighted by Crippen LogP contribution is 2.21. The van der Waals surface area contributed by atoms with Crippen molar-refractivity contribution in [3.63, 3.8) is 0 Å². The van der Waals surface area contributed by atoms with E-state index in [0.29, 0.717) is 6.54 Å². The van der Waals surface area contributed by atoms with E-state index in [4.69, 9.17) is 0 Å². The number of likely N-dealkylation sites (tertiary alicyclic amines) is 1. The normalized spacial score (nSPS) is 20.0. The molecular formula is C20H32ClN3O.